The summed E-state index contributed by atoms with van der Waals surface area (Å²) in [6.45, 7) is 5.23. The maximum atomic E-state index is 13.2. The molecule has 1 rings (SSSR count). The number of aryl methyl sites for hydroxylation is 1. The molecule has 98 valence electrons. The lowest BCUT2D eigenvalue weighted by Crippen LogP contribution is -2.30. The third-order valence-corrected chi connectivity index (χ3v) is 2.87. The molecule has 0 N–H and O–H groups in total. The number of hydrogen-bond donors (Lipinski definition) is 0. The Morgan fingerprint density at radius 3 is 2.39 bits per heavy atom. The number of Topliss-reactive ketones (excluding diaryl/α,β-unsaturated/α-hetero) is 1. The van der Waals surface area contributed by atoms with Crippen LogP contribution in [0.15, 0.2) is 18.2 Å². The van der Waals surface area contributed by atoms with Gasteiger partial charge in [0.2, 0.25) is 0 Å². The van der Waals surface area contributed by atoms with Crippen LogP contribution in [0.25, 0.3) is 0 Å². The summed E-state index contributed by atoms with van der Waals surface area (Å²) in [6.07, 6.45) is 0. The Balaban J connectivity index is 3.17. The maximum absolute atomic E-state index is 13.2. The first-order valence-electron chi connectivity index (χ1n) is 5.76. The van der Waals surface area contributed by atoms with Gasteiger partial charge in [-0.25, -0.2) is 4.39 Å². The number of hydrogen-bond acceptors (Lipinski definition) is 3. The van der Waals surface area contributed by atoms with Gasteiger partial charge in [-0.1, -0.05) is 19.9 Å². The van der Waals surface area contributed by atoms with Gasteiger partial charge in [0.05, 0.1) is 7.11 Å². The van der Waals surface area contributed by atoms with Crippen LogP contribution >= 0.6 is 0 Å². The molecule has 0 fully saturated rings. The Morgan fingerprint density at radius 2 is 1.89 bits per heavy atom. The predicted octanol–water partition coefficient (Wildman–Crippen LogP) is 2.76. The smallest absolute Gasteiger partial charge is 0.316 e. The molecule has 1 aromatic carbocycles. The van der Waals surface area contributed by atoms with Crippen LogP contribution in [0, 0.1) is 24.6 Å². The number of ether oxygens (including phenoxy) is 1. The van der Waals surface area contributed by atoms with Crippen molar-refractivity contribution in [3.63, 3.8) is 0 Å². The lowest BCUT2D eigenvalue weighted by Gasteiger charge is -2.18. The van der Waals surface area contributed by atoms with E-state index in [9.17, 15) is 14.0 Å². The first-order valence-corrected chi connectivity index (χ1v) is 5.76. The SMILES string of the molecule is COC(=O)C(C(=O)c1cc(F)ccc1C)C(C)C. The first kappa shape index (κ1) is 14.4. The van der Waals surface area contributed by atoms with Crippen LogP contribution in [0.3, 0.4) is 0 Å². The van der Waals surface area contributed by atoms with E-state index in [2.05, 4.69) is 4.74 Å². The molecule has 0 radical (unpaired) electrons. The second-order valence-corrected chi connectivity index (χ2v) is 4.57. The van der Waals surface area contributed by atoms with Crippen molar-refractivity contribution in [3.8, 4) is 0 Å². The van der Waals surface area contributed by atoms with Crippen LogP contribution in [0.4, 0.5) is 4.39 Å². The molecule has 0 aliphatic rings. The van der Waals surface area contributed by atoms with E-state index in [1.54, 1.807) is 20.8 Å². The largest absolute Gasteiger partial charge is 0.468 e. The number of ketones is 1. The molecule has 1 atom stereocenters. The van der Waals surface area contributed by atoms with Crippen LogP contribution in [0.2, 0.25) is 0 Å². The topological polar surface area (TPSA) is 43.4 Å². The second-order valence-electron chi connectivity index (χ2n) is 4.57. The minimum Gasteiger partial charge on any atom is -0.468 e. The molecule has 0 bridgehead atoms. The van der Waals surface area contributed by atoms with E-state index in [1.165, 1.54) is 19.2 Å². The van der Waals surface area contributed by atoms with E-state index in [1.807, 2.05) is 0 Å². The van der Waals surface area contributed by atoms with Gasteiger partial charge in [0.15, 0.2) is 5.78 Å². The highest BCUT2D eigenvalue weighted by Gasteiger charge is 2.32. The van der Waals surface area contributed by atoms with Crippen molar-refractivity contribution in [1.29, 1.82) is 0 Å². The number of carbonyl (C=O) groups is 2. The fourth-order valence-corrected chi connectivity index (χ4v) is 1.84. The van der Waals surface area contributed by atoms with E-state index < -0.39 is 23.5 Å². The predicted molar refractivity (Wildman–Crippen MR) is 65.8 cm³/mol. The molecule has 0 heterocycles. The van der Waals surface area contributed by atoms with E-state index in [4.69, 9.17) is 0 Å². The summed E-state index contributed by atoms with van der Waals surface area (Å²) in [5.41, 5.74) is 0.884. The number of carbonyl (C=O) groups excluding carboxylic acids is 2. The molecular formula is C14H17FO3. The fourth-order valence-electron chi connectivity index (χ4n) is 1.84. The molecule has 4 heteroatoms. The molecule has 0 spiro atoms. The van der Waals surface area contributed by atoms with E-state index in [0.29, 0.717) is 5.56 Å². The molecule has 1 aromatic rings. The minimum absolute atomic E-state index is 0.201. The molecular weight excluding hydrogens is 235 g/mol. The third-order valence-electron chi connectivity index (χ3n) is 2.87. The Bertz CT molecular complexity index is 466. The highest BCUT2D eigenvalue weighted by Crippen LogP contribution is 2.21. The quantitative estimate of drug-likeness (QED) is 0.470. The van der Waals surface area contributed by atoms with Crippen LogP contribution in [-0.4, -0.2) is 18.9 Å². The Labute approximate surface area is 106 Å². The highest BCUT2D eigenvalue weighted by molar-refractivity contribution is 6.09. The van der Waals surface area contributed by atoms with Crippen molar-refractivity contribution in [2.24, 2.45) is 11.8 Å². The summed E-state index contributed by atoms with van der Waals surface area (Å²) in [6, 6.07) is 3.97. The molecule has 3 nitrogen and oxygen atoms in total. The van der Waals surface area contributed by atoms with Gasteiger partial charge in [0, 0.05) is 5.56 Å². The van der Waals surface area contributed by atoms with Gasteiger partial charge in [-0.05, 0) is 30.5 Å². The molecule has 0 saturated heterocycles. The van der Waals surface area contributed by atoms with Crippen molar-refractivity contribution in [2.75, 3.05) is 7.11 Å². The van der Waals surface area contributed by atoms with E-state index in [0.717, 1.165) is 6.07 Å². The molecule has 0 saturated carbocycles. The number of methoxy groups -OCH3 is 1. The maximum Gasteiger partial charge on any atom is 0.316 e. The average Bonchev–Trinajstić information content (AvgIpc) is 2.31. The Kier molecular flexibility index (Phi) is 4.59. The number of halogens is 1. The van der Waals surface area contributed by atoms with Crippen LogP contribution < -0.4 is 0 Å². The summed E-state index contributed by atoms with van der Waals surface area (Å²) in [5, 5.41) is 0. The van der Waals surface area contributed by atoms with Gasteiger partial charge in [0.1, 0.15) is 11.7 Å². The standard InChI is InChI=1S/C14H17FO3/c1-8(2)12(14(17)18-4)13(16)11-7-10(15)6-5-9(11)3/h5-8,12H,1-4H3. The average molecular weight is 252 g/mol. The molecule has 0 aromatic heterocycles. The second kappa shape index (κ2) is 5.76. The van der Waals surface area contributed by atoms with Gasteiger partial charge in [0.25, 0.3) is 0 Å². The van der Waals surface area contributed by atoms with Crippen molar-refractivity contribution < 1.29 is 18.7 Å². The number of esters is 1. The van der Waals surface area contributed by atoms with Gasteiger partial charge >= 0.3 is 5.97 Å². The molecule has 0 aliphatic heterocycles. The van der Waals surface area contributed by atoms with Crippen molar-refractivity contribution in [1.82, 2.24) is 0 Å². The van der Waals surface area contributed by atoms with Gasteiger partial charge < -0.3 is 4.74 Å². The summed E-state index contributed by atoms with van der Waals surface area (Å²) >= 11 is 0. The highest BCUT2D eigenvalue weighted by atomic mass is 19.1. The zero-order chi connectivity index (χ0) is 13.9. The number of rotatable bonds is 4. The molecule has 0 amide bonds. The Morgan fingerprint density at radius 1 is 1.28 bits per heavy atom. The van der Waals surface area contributed by atoms with Gasteiger partial charge in [-0.15, -0.1) is 0 Å². The molecule has 18 heavy (non-hydrogen) atoms. The van der Waals surface area contributed by atoms with E-state index >= 15 is 0 Å². The van der Waals surface area contributed by atoms with Crippen molar-refractivity contribution in [3.05, 3.63) is 35.1 Å². The van der Waals surface area contributed by atoms with E-state index in [-0.39, 0.29) is 11.5 Å². The Hall–Kier alpha value is -1.71. The zero-order valence-corrected chi connectivity index (χ0v) is 11.0. The first-order chi connectivity index (χ1) is 8.38. The molecule has 0 aliphatic carbocycles. The summed E-state index contributed by atoms with van der Waals surface area (Å²) < 4.78 is 17.8. The normalized spacial score (nSPS) is 12.3. The van der Waals surface area contributed by atoms with Crippen molar-refractivity contribution >= 4 is 11.8 Å². The fraction of sp³-hybridized carbons (Fsp3) is 0.429. The van der Waals surface area contributed by atoms with Gasteiger partial charge in [-0.3, -0.25) is 9.59 Å². The lowest BCUT2D eigenvalue weighted by atomic mass is 9.86. The third kappa shape index (κ3) is 2.94. The summed E-state index contributed by atoms with van der Waals surface area (Å²) in [4.78, 5) is 23.9. The lowest BCUT2D eigenvalue weighted by molar-refractivity contribution is -0.144. The molecule has 1 unspecified atom stereocenters. The monoisotopic (exact) mass is 252 g/mol. The van der Waals surface area contributed by atoms with Crippen LogP contribution in [0.5, 0.6) is 0 Å². The van der Waals surface area contributed by atoms with Crippen molar-refractivity contribution in [2.45, 2.75) is 20.8 Å². The summed E-state index contributed by atoms with van der Waals surface area (Å²) in [7, 11) is 1.24. The minimum atomic E-state index is -0.893. The number of benzene rings is 1. The van der Waals surface area contributed by atoms with Gasteiger partial charge in [-0.2, -0.15) is 0 Å². The van der Waals surface area contributed by atoms with Crippen LogP contribution in [-0.2, 0) is 9.53 Å². The van der Waals surface area contributed by atoms with Crippen LogP contribution in [0.1, 0.15) is 29.8 Å². The summed E-state index contributed by atoms with van der Waals surface area (Å²) in [5.74, 6) is -2.56. The zero-order valence-electron chi connectivity index (χ0n) is 11.0.